The quantitative estimate of drug-likeness (QED) is 0.349. The van der Waals surface area contributed by atoms with Crippen LogP contribution in [0.4, 0.5) is 0 Å². The van der Waals surface area contributed by atoms with E-state index in [1.165, 1.54) is 0 Å². The number of fused-ring (bicyclic) bond motifs is 1. The summed E-state index contributed by atoms with van der Waals surface area (Å²) in [5.41, 5.74) is 4.29. The number of amides is 1. The number of likely N-dealkylation sites (tertiary alicyclic amines) is 1. The van der Waals surface area contributed by atoms with E-state index in [1.807, 2.05) is 71.6 Å². The SMILES string of the molecule is COc1cccc(-c2ccc3oc([C@H]4CCCN4C(=O)c4ccc(Br)cc4)nc3c2)c1. The van der Waals surface area contributed by atoms with Crippen LogP contribution in [-0.2, 0) is 0 Å². The Bertz CT molecular complexity index is 1250. The predicted molar refractivity (Wildman–Crippen MR) is 123 cm³/mol. The van der Waals surface area contributed by atoms with Crippen LogP contribution >= 0.6 is 15.9 Å². The van der Waals surface area contributed by atoms with Crippen LogP contribution in [0.15, 0.2) is 75.6 Å². The summed E-state index contributed by atoms with van der Waals surface area (Å²) in [5.74, 6) is 1.42. The number of hydrogen-bond donors (Lipinski definition) is 0. The lowest BCUT2D eigenvalue weighted by Crippen LogP contribution is -2.30. The van der Waals surface area contributed by atoms with Gasteiger partial charge in [-0.05, 0) is 72.5 Å². The van der Waals surface area contributed by atoms with Crippen molar-refractivity contribution in [3.8, 4) is 16.9 Å². The molecule has 1 saturated heterocycles. The van der Waals surface area contributed by atoms with Crippen molar-refractivity contribution in [2.24, 2.45) is 0 Å². The summed E-state index contributed by atoms with van der Waals surface area (Å²) < 4.78 is 12.4. The molecule has 1 fully saturated rings. The number of ether oxygens (including phenoxy) is 1. The van der Waals surface area contributed by atoms with Gasteiger partial charge in [0.15, 0.2) is 5.58 Å². The van der Waals surface area contributed by atoms with E-state index in [1.54, 1.807) is 7.11 Å². The van der Waals surface area contributed by atoms with Gasteiger partial charge in [0.05, 0.1) is 7.11 Å². The fraction of sp³-hybridized carbons (Fsp3) is 0.200. The fourth-order valence-corrected chi connectivity index (χ4v) is 4.36. The lowest BCUT2D eigenvalue weighted by Gasteiger charge is -2.22. The molecule has 3 aromatic carbocycles. The second-order valence-corrected chi connectivity index (χ2v) is 8.55. The zero-order valence-corrected chi connectivity index (χ0v) is 18.6. The molecule has 6 heteroatoms. The predicted octanol–water partition coefficient (Wildman–Crippen LogP) is 6.24. The first-order valence-corrected chi connectivity index (χ1v) is 11.0. The number of carbonyl (C=O) groups excluding carboxylic acids is 1. The van der Waals surface area contributed by atoms with Crippen LogP contribution < -0.4 is 4.74 Å². The van der Waals surface area contributed by atoms with Gasteiger partial charge in [0.2, 0.25) is 5.89 Å². The molecule has 4 aromatic rings. The molecule has 1 aliphatic heterocycles. The molecule has 0 spiro atoms. The molecule has 5 rings (SSSR count). The highest BCUT2D eigenvalue weighted by Gasteiger charge is 2.34. The highest BCUT2D eigenvalue weighted by molar-refractivity contribution is 9.10. The van der Waals surface area contributed by atoms with Crippen molar-refractivity contribution in [3.63, 3.8) is 0 Å². The molecule has 0 unspecified atom stereocenters. The van der Waals surface area contributed by atoms with Crippen LogP contribution in [0.1, 0.15) is 35.1 Å². The fourth-order valence-electron chi connectivity index (χ4n) is 4.09. The van der Waals surface area contributed by atoms with Gasteiger partial charge >= 0.3 is 0 Å². The van der Waals surface area contributed by atoms with Crippen molar-refractivity contribution in [3.05, 3.63) is 82.7 Å². The molecule has 156 valence electrons. The number of rotatable bonds is 4. The molecule has 5 nitrogen and oxygen atoms in total. The first-order valence-electron chi connectivity index (χ1n) is 10.2. The first kappa shape index (κ1) is 19.8. The Morgan fingerprint density at radius 3 is 2.71 bits per heavy atom. The number of carbonyl (C=O) groups is 1. The standard InChI is InChI=1S/C25H21BrN2O3/c1-30-20-5-2-4-17(14-20)18-9-12-23-21(15-18)27-24(31-23)22-6-3-13-28(22)25(29)16-7-10-19(26)11-8-16/h2,4-5,7-12,14-15,22H,3,6,13H2,1H3/t22-/m1/s1. The Kier molecular flexibility index (Phi) is 5.24. The normalized spacial score (nSPS) is 16.1. The van der Waals surface area contributed by atoms with E-state index in [9.17, 15) is 4.79 Å². The van der Waals surface area contributed by atoms with Crippen molar-refractivity contribution in [2.45, 2.75) is 18.9 Å². The Morgan fingerprint density at radius 2 is 1.90 bits per heavy atom. The minimum atomic E-state index is -0.149. The average Bonchev–Trinajstić information content (AvgIpc) is 3.45. The first-order chi connectivity index (χ1) is 15.1. The third-order valence-corrected chi connectivity index (χ3v) is 6.23. The number of methoxy groups -OCH3 is 1. The second kappa shape index (κ2) is 8.19. The van der Waals surface area contributed by atoms with E-state index in [2.05, 4.69) is 15.9 Å². The second-order valence-electron chi connectivity index (χ2n) is 7.63. The topological polar surface area (TPSA) is 55.6 Å². The maximum Gasteiger partial charge on any atom is 0.254 e. The Morgan fingerprint density at radius 1 is 1.10 bits per heavy atom. The molecular weight excluding hydrogens is 456 g/mol. The zero-order valence-electron chi connectivity index (χ0n) is 17.0. The highest BCUT2D eigenvalue weighted by Crippen LogP contribution is 2.35. The summed E-state index contributed by atoms with van der Waals surface area (Å²) in [7, 11) is 1.66. The molecule has 31 heavy (non-hydrogen) atoms. The van der Waals surface area contributed by atoms with Gasteiger partial charge in [-0.2, -0.15) is 0 Å². The lowest BCUT2D eigenvalue weighted by molar-refractivity contribution is 0.0717. The molecule has 0 aliphatic carbocycles. The number of hydrogen-bond acceptors (Lipinski definition) is 4. The third kappa shape index (κ3) is 3.83. The summed E-state index contributed by atoms with van der Waals surface area (Å²) in [6, 6.07) is 21.2. The maximum atomic E-state index is 13.1. The van der Waals surface area contributed by atoms with Crippen LogP contribution in [0.3, 0.4) is 0 Å². The van der Waals surface area contributed by atoms with Crippen molar-refractivity contribution in [1.82, 2.24) is 9.88 Å². The number of benzene rings is 3. The van der Waals surface area contributed by atoms with Gasteiger partial charge in [-0.15, -0.1) is 0 Å². The van der Waals surface area contributed by atoms with Crippen LogP contribution in [0.25, 0.3) is 22.2 Å². The number of oxazole rings is 1. The van der Waals surface area contributed by atoms with E-state index >= 15 is 0 Å². The average molecular weight is 477 g/mol. The summed E-state index contributed by atoms with van der Waals surface area (Å²) in [6.45, 7) is 0.702. The lowest BCUT2D eigenvalue weighted by atomic mass is 10.1. The molecule has 1 amide bonds. The van der Waals surface area contributed by atoms with Gasteiger partial charge < -0.3 is 14.1 Å². The van der Waals surface area contributed by atoms with E-state index in [4.69, 9.17) is 14.1 Å². The Hall–Kier alpha value is -3.12. The smallest absolute Gasteiger partial charge is 0.254 e. The van der Waals surface area contributed by atoms with Crippen LogP contribution in [0.2, 0.25) is 0 Å². The number of halogens is 1. The van der Waals surface area contributed by atoms with Crippen LogP contribution in [-0.4, -0.2) is 29.4 Å². The van der Waals surface area contributed by atoms with Crippen molar-refractivity contribution >= 4 is 32.9 Å². The molecule has 0 bridgehead atoms. The monoisotopic (exact) mass is 476 g/mol. The Labute approximate surface area is 188 Å². The van der Waals surface area contributed by atoms with Crippen molar-refractivity contribution in [2.75, 3.05) is 13.7 Å². The summed E-state index contributed by atoms with van der Waals surface area (Å²) in [5, 5.41) is 0. The molecule has 2 heterocycles. The van der Waals surface area contributed by atoms with Crippen LogP contribution in [0.5, 0.6) is 5.75 Å². The molecule has 0 N–H and O–H groups in total. The summed E-state index contributed by atoms with van der Waals surface area (Å²) in [6.07, 6.45) is 1.78. The van der Waals surface area contributed by atoms with Crippen LogP contribution in [0, 0.1) is 0 Å². The molecule has 1 aliphatic rings. The van der Waals surface area contributed by atoms with Gasteiger partial charge in [0, 0.05) is 16.6 Å². The van der Waals surface area contributed by atoms with E-state index < -0.39 is 0 Å². The molecular formula is C25H21BrN2O3. The Balaban J connectivity index is 1.45. The van der Waals surface area contributed by atoms with Crippen molar-refractivity contribution < 1.29 is 13.9 Å². The van der Waals surface area contributed by atoms with Gasteiger partial charge in [0.25, 0.3) is 5.91 Å². The molecule has 1 atom stereocenters. The van der Waals surface area contributed by atoms with Gasteiger partial charge in [-0.25, -0.2) is 4.98 Å². The molecule has 1 aromatic heterocycles. The van der Waals surface area contributed by atoms with E-state index in [0.717, 1.165) is 45.3 Å². The summed E-state index contributed by atoms with van der Waals surface area (Å²) in [4.78, 5) is 19.7. The van der Waals surface area contributed by atoms with Gasteiger partial charge in [-0.1, -0.05) is 34.1 Å². The van der Waals surface area contributed by atoms with Gasteiger partial charge in [0.1, 0.15) is 17.3 Å². The largest absolute Gasteiger partial charge is 0.497 e. The minimum Gasteiger partial charge on any atom is -0.497 e. The van der Waals surface area contributed by atoms with Gasteiger partial charge in [-0.3, -0.25) is 4.79 Å². The third-order valence-electron chi connectivity index (χ3n) is 5.70. The highest BCUT2D eigenvalue weighted by atomic mass is 79.9. The maximum absolute atomic E-state index is 13.1. The van der Waals surface area contributed by atoms with E-state index in [-0.39, 0.29) is 11.9 Å². The summed E-state index contributed by atoms with van der Waals surface area (Å²) >= 11 is 3.42. The number of aromatic nitrogens is 1. The zero-order chi connectivity index (χ0) is 21.4. The molecule has 0 radical (unpaired) electrons. The van der Waals surface area contributed by atoms with Crippen molar-refractivity contribution in [1.29, 1.82) is 0 Å². The van der Waals surface area contributed by atoms with E-state index in [0.29, 0.717) is 18.0 Å². The minimum absolute atomic E-state index is 0.00863. The molecule has 0 saturated carbocycles. The number of nitrogens with zero attached hydrogens (tertiary/aromatic N) is 2.